The average molecular weight is 358 g/mol. The molecule has 2 bridgehead atoms. The number of nitrogens with one attached hydrogen (secondary N) is 1. The quantitative estimate of drug-likeness (QED) is 0.865. The van der Waals surface area contributed by atoms with Gasteiger partial charge in [0, 0.05) is 36.9 Å². The predicted molar refractivity (Wildman–Crippen MR) is 93.0 cm³/mol. The summed E-state index contributed by atoms with van der Waals surface area (Å²) in [5.41, 5.74) is 0. The van der Waals surface area contributed by atoms with Gasteiger partial charge in [0.05, 0.1) is 25.4 Å². The van der Waals surface area contributed by atoms with Gasteiger partial charge in [0.2, 0.25) is 5.91 Å². The maximum Gasteiger partial charge on any atom is 0.237 e. The van der Waals surface area contributed by atoms with E-state index in [1.807, 2.05) is 12.3 Å². The molecule has 3 fully saturated rings. The van der Waals surface area contributed by atoms with Gasteiger partial charge in [0.15, 0.2) is 0 Å². The molecule has 7 nitrogen and oxygen atoms in total. The molecule has 0 radical (unpaired) electrons. The number of halogens is 1. The van der Waals surface area contributed by atoms with Crippen LogP contribution in [0.3, 0.4) is 0 Å². The second-order valence-corrected chi connectivity index (χ2v) is 7.43. The third-order valence-electron chi connectivity index (χ3n) is 5.81. The number of hydrogen-bond acceptors (Lipinski definition) is 6. The molecule has 4 atom stereocenters. The summed E-state index contributed by atoms with van der Waals surface area (Å²) >= 11 is 0. The number of likely N-dealkylation sites (tertiary alicyclic amines) is 1. The van der Waals surface area contributed by atoms with Crippen LogP contribution >= 0.6 is 0 Å². The molecule has 3 aliphatic rings. The first-order valence-electron chi connectivity index (χ1n) is 9.26. The Kier molecular flexibility index (Phi) is 4.72. The Morgan fingerprint density at radius 2 is 2.08 bits per heavy atom. The number of carbonyl (C=O) groups excluding carboxylic acids is 1. The second-order valence-electron chi connectivity index (χ2n) is 7.43. The van der Waals surface area contributed by atoms with Crippen LogP contribution < -0.4 is 10.2 Å². The topological polar surface area (TPSA) is 85.2 Å². The van der Waals surface area contributed by atoms with E-state index in [1.54, 1.807) is 12.4 Å². The summed E-state index contributed by atoms with van der Waals surface area (Å²) in [6, 6.07) is 2.47. The fourth-order valence-electron chi connectivity index (χ4n) is 4.66. The molecular weight excluding hydrogens is 335 g/mol. The van der Waals surface area contributed by atoms with E-state index in [0.29, 0.717) is 12.1 Å². The fourth-order valence-corrected chi connectivity index (χ4v) is 4.66. The standard InChI is InChI=1S/C18H23FN6O/c19-12-5-16(8-20)24(11-12)18(26)10-23-13-6-14-1-2-15(7-13)25(14)17-9-21-3-4-22-17/h3-4,9,12-16,23H,1-2,5-7,10-11H2/t12?,13?,14?,15?,16-/m0/s1. The number of carbonyl (C=O) groups is 1. The minimum Gasteiger partial charge on any atom is -0.349 e. The minimum atomic E-state index is -1.09. The number of nitriles is 1. The van der Waals surface area contributed by atoms with Crippen LogP contribution in [0, 0.1) is 11.3 Å². The summed E-state index contributed by atoms with van der Waals surface area (Å²) in [5, 5.41) is 12.4. The Morgan fingerprint density at radius 1 is 1.31 bits per heavy atom. The number of rotatable bonds is 4. The van der Waals surface area contributed by atoms with Crippen molar-refractivity contribution in [2.75, 3.05) is 18.0 Å². The fraction of sp³-hybridized carbons (Fsp3) is 0.667. The van der Waals surface area contributed by atoms with Crippen LogP contribution in [0.5, 0.6) is 0 Å². The normalized spacial score (nSPS) is 33.3. The second kappa shape index (κ2) is 7.16. The lowest BCUT2D eigenvalue weighted by Gasteiger charge is -2.40. The summed E-state index contributed by atoms with van der Waals surface area (Å²) in [6.45, 7) is 0.204. The number of fused-ring (bicyclic) bond motifs is 2. The van der Waals surface area contributed by atoms with Crippen LogP contribution in [-0.4, -0.2) is 64.2 Å². The third-order valence-corrected chi connectivity index (χ3v) is 5.81. The number of nitrogens with zero attached hydrogens (tertiary/aromatic N) is 5. The number of alkyl halides is 1. The molecular formula is C18H23FN6O. The van der Waals surface area contributed by atoms with E-state index >= 15 is 0 Å². The zero-order valence-corrected chi connectivity index (χ0v) is 14.6. The van der Waals surface area contributed by atoms with Crippen LogP contribution in [0.25, 0.3) is 0 Å². The Balaban J connectivity index is 1.33. The summed E-state index contributed by atoms with van der Waals surface area (Å²) in [4.78, 5) is 24.7. The number of hydrogen-bond donors (Lipinski definition) is 1. The van der Waals surface area contributed by atoms with E-state index in [0.717, 1.165) is 31.5 Å². The lowest BCUT2D eigenvalue weighted by molar-refractivity contribution is -0.130. The van der Waals surface area contributed by atoms with Crippen molar-refractivity contribution in [2.45, 2.75) is 62.4 Å². The SMILES string of the molecule is N#C[C@@H]1CC(F)CN1C(=O)CNC1CC2CCC(C1)N2c1cnccn1. The number of aromatic nitrogens is 2. The number of anilines is 1. The Hall–Kier alpha value is -2.27. The Morgan fingerprint density at radius 3 is 2.73 bits per heavy atom. The van der Waals surface area contributed by atoms with E-state index < -0.39 is 12.2 Å². The van der Waals surface area contributed by atoms with Crippen LogP contribution in [-0.2, 0) is 4.79 Å². The highest BCUT2D eigenvalue weighted by atomic mass is 19.1. The van der Waals surface area contributed by atoms with Crippen LogP contribution in [0.15, 0.2) is 18.6 Å². The van der Waals surface area contributed by atoms with E-state index in [1.165, 1.54) is 4.90 Å². The van der Waals surface area contributed by atoms with Crippen LogP contribution in [0.2, 0.25) is 0 Å². The first kappa shape index (κ1) is 17.2. The first-order chi connectivity index (χ1) is 12.7. The predicted octanol–water partition coefficient (Wildman–Crippen LogP) is 1.03. The summed E-state index contributed by atoms with van der Waals surface area (Å²) in [5.74, 6) is 0.748. The van der Waals surface area contributed by atoms with Gasteiger partial charge in [-0.25, -0.2) is 9.37 Å². The smallest absolute Gasteiger partial charge is 0.237 e. The maximum atomic E-state index is 13.5. The molecule has 4 rings (SSSR count). The molecule has 1 N–H and O–H groups in total. The number of amides is 1. The summed E-state index contributed by atoms with van der Waals surface area (Å²) < 4.78 is 13.5. The van der Waals surface area contributed by atoms with E-state index in [9.17, 15) is 9.18 Å². The Bertz CT molecular complexity index is 681. The van der Waals surface area contributed by atoms with Crippen molar-refractivity contribution in [3.63, 3.8) is 0 Å². The first-order valence-corrected chi connectivity index (χ1v) is 9.26. The van der Waals surface area contributed by atoms with Gasteiger partial charge in [-0.3, -0.25) is 9.78 Å². The molecule has 0 spiro atoms. The molecule has 138 valence electrons. The zero-order chi connectivity index (χ0) is 18.1. The molecule has 1 aromatic heterocycles. The van der Waals surface area contributed by atoms with Gasteiger partial charge >= 0.3 is 0 Å². The highest BCUT2D eigenvalue weighted by Gasteiger charge is 2.42. The van der Waals surface area contributed by atoms with Crippen LogP contribution in [0.4, 0.5) is 10.2 Å². The largest absolute Gasteiger partial charge is 0.349 e. The van der Waals surface area contributed by atoms with E-state index in [2.05, 4.69) is 20.2 Å². The van der Waals surface area contributed by atoms with Gasteiger partial charge in [-0.1, -0.05) is 0 Å². The zero-order valence-electron chi connectivity index (χ0n) is 14.6. The summed E-state index contributed by atoms with van der Waals surface area (Å²) in [7, 11) is 0. The third kappa shape index (κ3) is 3.23. The van der Waals surface area contributed by atoms with Crippen molar-refractivity contribution in [1.82, 2.24) is 20.2 Å². The van der Waals surface area contributed by atoms with Crippen LogP contribution in [0.1, 0.15) is 32.1 Å². The van der Waals surface area contributed by atoms with Crippen molar-refractivity contribution < 1.29 is 9.18 Å². The molecule has 0 saturated carbocycles. The monoisotopic (exact) mass is 358 g/mol. The highest BCUT2D eigenvalue weighted by Crippen LogP contribution is 2.38. The van der Waals surface area contributed by atoms with E-state index in [-0.39, 0.29) is 31.5 Å². The van der Waals surface area contributed by atoms with Crippen molar-refractivity contribution in [3.8, 4) is 6.07 Å². The summed E-state index contributed by atoms with van der Waals surface area (Å²) in [6.07, 6.45) is 8.40. The van der Waals surface area contributed by atoms with Gasteiger partial charge in [0.1, 0.15) is 18.0 Å². The molecule has 3 aliphatic heterocycles. The molecule has 1 aromatic rings. The molecule has 3 saturated heterocycles. The van der Waals surface area contributed by atoms with Gasteiger partial charge in [-0.15, -0.1) is 0 Å². The molecule has 0 aliphatic carbocycles. The highest BCUT2D eigenvalue weighted by molar-refractivity contribution is 5.79. The molecule has 4 heterocycles. The molecule has 1 amide bonds. The van der Waals surface area contributed by atoms with Gasteiger partial charge in [-0.05, 0) is 25.7 Å². The molecule has 8 heteroatoms. The lowest BCUT2D eigenvalue weighted by Crippen LogP contribution is -2.51. The maximum absolute atomic E-state index is 13.5. The molecule has 0 aromatic carbocycles. The molecule has 3 unspecified atom stereocenters. The van der Waals surface area contributed by atoms with Gasteiger partial charge < -0.3 is 15.1 Å². The lowest BCUT2D eigenvalue weighted by atomic mass is 9.97. The van der Waals surface area contributed by atoms with Gasteiger partial charge in [0.25, 0.3) is 0 Å². The van der Waals surface area contributed by atoms with Crippen molar-refractivity contribution >= 4 is 11.7 Å². The van der Waals surface area contributed by atoms with Gasteiger partial charge in [-0.2, -0.15) is 5.26 Å². The van der Waals surface area contributed by atoms with E-state index in [4.69, 9.17) is 5.26 Å². The van der Waals surface area contributed by atoms with Crippen molar-refractivity contribution in [3.05, 3.63) is 18.6 Å². The average Bonchev–Trinajstić information content (AvgIpc) is 3.17. The minimum absolute atomic E-state index is 0.0368. The van der Waals surface area contributed by atoms with Crippen molar-refractivity contribution in [2.24, 2.45) is 0 Å². The molecule has 26 heavy (non-hydrogen) atoms. The Labute approximate surface area is 152 Å². The van der Waals surface area contributed by atoms with Crippen molar-refractivity contribution in [1.29, 1.82) is 5.26 Å². The number of piperidine rings is 1.